The first-order chi connectivity index (χ1) is 19.8. The summed E-state index contributed by atoms with van der Waals surface area (Å²) < 4.78 is 10.6. The maximum absolute atomic E-state index is 12.8. The van der Waals surface area contributed by atoms with E-state index in [0.717, 1.165) is 0 Å². The highest BCUT2D eigenvalue weighted by Gasteiger charge is 2.28. The molecule has 0 unspecified atom stereocenters. The highest BCUT2D eigenvalue weighted by Crippen LogP contribution is 2.32. The first kappa shape index (κ1) is 29.4. The zero-order valence-corrected chi connectivity index (χ0v) is 23.7. The molecular weight excluding hydrogens is 550 g/mol. The van der Waals surface area contributed by atoms with Gasteiger partial charge in [0.05, 0.1) is 42.9 Å². The zero-order chi connectivity index (χ0) is 29.4. The Morgan fingerprint density at radius 2 is 1.76 bits per heavy atom. The average molecular weight is 582 g/mol. The third-order valence-corrected chi connectivity index (χ3v) is 6.61. The van der Waals surface area contributed by atoms with Gasteiger partial charge in [0.25, 0.3) is 0 Å². The molecule has 0 radical (unpaired) electrons. The molecule has 216 valence electrons. The van der Waals surface area contributed by atoms with Crippen LogP contribution in [0, 0.1) is 5.92 Å². The molecule has 12 nitrogen and oxygen atoms in total. The summed E-state index contributed by atoms with van der Waals surface area (Å²) in [6.07, 6.45) is 2.58. The van der Waals surface area contributed by atoms with Crippen LogP contribution in [0.1, 0.15) is 26.7 Å². The number of esters is 1. The van der Waals surface area contributed by atoms with E-state index in [-0.39, 0.29) is 34.8 Å². The summed E-state index contributed by atoms with van der Waals surface area (Å²) in [5.41, 5.74) is 2.29. The topological polar surface area (TPSA) is 147 Å². The van der Waals surface area contributed by atoms with Crippen LogP contribution in [0.3, 0.4) is 0 Å². The predicted molar refractivity (Wildman–Crippen MR) is 157 cm³/mol. The molecule has 2 aromatic carbocycles. The van der Waals surface area contributed by atoms with Gasteiger partial charge >= 0.3 is 12.0 Å². The number of nitrogens with zero attached hydrogens (tertiary/aromatic N) is 3. The molecule has 0 aliphatic carbocycles. The van der Waals surface area contributed by atoms with Crippen LogP contribution in [-0.2, 0) is 14.3 Å². The standard InChI is InChI=1S/C28H32ClN7O5/c1-4-41-26(38)18-11-13-36(14-12-18)28(39)32-19-9-10-23(24(15-19)40-3)34-27-30-16-20(29)25(35-27)33-22-8-6-5-7-21(22)31-17(2)37/h5-10,15-16,18H,4,11-14H2,1-3H3,(H,31,37)(H,32,39)(H2,30,33,34,35). The number of ether oxygens (including phenoxy) is 2. The number of urea groups is 1. The Morgan fingerprint density at radius 3 is 2.44 bits per heavy atom. The fraction of sp³-hybridized carbons (Fsp3) is 0.321. The fourth-order valence-electron chi connectivity index (χ4n) is 4.31. The second-order valence-electron chi connectivity index (χ2n) is 9.23. The number of aromatic nitrogens is 2. The third-order valence-electron chi connectivity index (χ3n) is 6.34. The first-order valence-electron chi connectivity index (χ1n) is 13.1. The molecule has 2 heterocycles. The molecule has 0 bridgehead atoms. The Kier molecular flexibility index (Phi) is 9.80. The predicted octanol–water partition coefficient (Wildman–Crippen LogP) is 5.39. The number of rotatable bonds is 9. The third kappa shape index (κ3) is 7.76. The summed E-state index contributed by atoms with van der Waals surface area (Å²) >= 11 is 6.34. The van der Waals surface area contributed by atoms with Gasteiger partial charge in [0.1, 0.15) is 10.8 Å². The van der Waals surface area contributed by atoms with E-state index in [1.165, 1.54) is 20.2 Å². The van der Waals surface area contributed by atoms with Crippen LogP contribution >= 0.6 is 11.6 Å². The first-order valence-corrected chi connectivity index (χ1v) is 13.5. The van der Waals surface area contributed by atoms with Crippen molar-refractivity contribution < 1.29 is 23.9 Å². The molecule has 41 heavy (non-hydrogen) atoms. The lowest BCUT2D eigenvalue weighted by Crippen LogP contribution is -2.42. The highest BCUT2D eigenvalue weighted by atomic mass is 35.5. The second kappa shape index (κ2) is 13.7. The molecule has 1 aliphatic rings. The van der Waals surface area contributed by atoms with Crippen molar-refractivity contribution in [3.05, 3.63) is 53.7 Å². The number of piperidine rings is 1. The van der Waals surface area contributed by atoms with Gasteiger partial charge in [-0.3, -0.25) is 9.59 Å². The zero-order valence-electron chi connectivity index (χ0n) is 23.0. The van der Waals surface area contributed by atoms with Crippen molar-refractivity contribution in [2.24, 2.45) is 5.92 Å². The number of para-hydroxylation sites is 2. The molecule has 13 heteroatoms. The number of amides is 3. The largest absolute Gasteiger partial charge is 0.494 e. The highest BCUT2D eigenvalue weighted by molar-refractivity contribution is 6.33. The number of hydrogen-bond donors (Lipinski definition) is 4. The maximum atomic E-state index is 12.8. The molecule has 1 aliphatic heterocycles. The van der Waals surface area contributed by atoms with E-state index >= 15 is 0 Å². The van der Waals surface area contributed by atoms with Crippen LogP contribution in [0.15, 0.2) is 48.7 Å². The molecule has 4 N–H and O–H groups in total. The smallest absolute Gasteiger partial charge is 0.321 e. The van der Waals surface area contributed by atoms with E-state index in [0.29, 0.717) is 66.9 Å². The average Bonchev–Trinajstić information content (AvgIpc) is 2.96. The fourth-order valence-corrected chi connectivity index (χ4v) is 4.45. The van der Waals surface area contributed by atoms with Gasteiger partial charge in [0.15, 0.2) is 5.82 Å². The van der Waals surface area contributed by atoms with Gasteiger partial charge < -0.3 is 35.6 Å². The normalized spacial score (nSPS) is 13.2. The van der Waals surface area contributed by atoms with Crippen molar-refractivity contribution in [2.45, 2.75) is 26.7 Å². The number of anilines is 6. The van der Waals surface area contributed by atoms with Crippen LogP contribution in [-0.4, -0.2) is 59.6 Å². The minimum absolute atomic E-state index is 0.179. The van der Waals surface area contributed by atoms with E-state index in [9.17, 15) is 14.4 Å². The van der Waals surface area contributed by atoms with Gasteiger partial charge in [0.2, 0.25) is 11.9 Å². The minimum Gasteiger partial charge on any atom is -0.494 e. The Bertz CT molecular complexity index is 1410. The van der Waals surface area contributed by atoms with E-state index in [4.69, 9.17) is 21.1 Å². The van der Waals surface area contributed by atoms with Crippen LogP contribution in [0.5, 0.6) is 5.75 Å². The number of benzene rings is 2. The van der Waals surface area contributed by atoms with E-state index < -0.39 is 0 Å². The Morgan fingerprint density at radius 1 is 1.02 bits per heavy atom. The Balaban J connectivity index is 1.42. The molecule has 0 spiro atoms. The lowest BCUT2D eigenvalue weighted by Gasteiger charge is -2.31. The number of carbonyl (C=O) groups excluding carboxylic acids is 3. The summed E-state index contributed by atoms with van der Waals surface area (Å²) in [5, 5.41) is 12.2. The van der Waals surface area contributed by atoms with E-state index in [1.807, 2.05) is 6.07 Å². The lowest BCUT2D eigenvalue weighted by atomic mass is 9.97. The van der Waals surface area contributed by atoms with Crippen molar-refractivity contribution in [1.82, 2.24) is 14.9 Å². The van der Waals surface area contributed by atoms with Crippen LogP contribution in [0.4, 0.5) is 39.3 Å². The summed E-state index contributed by atoms with van der Waals surface area (Å²) in [6, 6.07) is 12.1. The lowest BCUT2D eigenvalue weighted by molar-refractivity contribution is -0.149. The molecule has 3 aromatic rings. The molecule has 3 amide bonds. The summed E-state index contributed by atoms with van der Waals surface area (Å²) in [5.74, 6) is 0.434. The van der Waals surface area contributed by atoms with Crippen molar-refractivity contribution in [3.63, 3.8) is 0 Å². The number of nitrogens with one attached hydrogen (secondary N) is 4. The van der Waals surface area contributed by atoms with Gasteiger partial charge in [-0.2, -0.15) is 4.98 Å². The number of halogens is 1. The van der Waals surface area contributed by atoms with Crippen molar-refractivity contribution in [1.29, 1.82) is 0 Å². The van der Waals surface area contributed by atoms with Crippen LogP contribution in [0.25, 0.3) is 0 Å². The SMILES string of the molecule is CCOC(=O)C1CCN(C(=O)Nc2ccc(Nc3ncc(Cl)c(Nc4ccccc4NC(C)=O)n3)c(OC)c2)CC1. The van der Waals surface area contributed by atoms with E-state index in [2.05, 4.69) is 31.2 Å². The van der Waals surface area contributed by atoms with E-state index in [1.54, 1.807) is 48.2 Å². The molecule has 0 saturated carbocycles. The van der Waals surface area contributed by atoms with Gasteiger partial charge in [-0.05, 0) is 44.0 Å². The minimum atomic E-state index is -0.258. The van der Waals surface area contributed by atoms with Crippen molar-refractivity contribution >= 4 is 64.0 Å². The molecule has 0 atom stereocenters. The molecular formula is C28H32ClN7O5. The van der Waals surface area contributed by atoms with Crippen LogP contribution < -0.4 is 26.0 Å². The van der Waals surface area contributed by atoms with Gasteiger partial charge in [-0.1, -0.05) is 23.7 Å². The summed E-state index contributed by atoms with van der Waals surface area (Å²) in [7, 11) is 1.51. The molecule has 1 saturated heterocycles. The Labute approximate surface area is 242 Å². The Hall–Kier alpha value is -4.58. The summed E-state index contributed by atoms with van der Waals surface area (Å²) in [6.45, 7) is 4.49. The second-order valence-corrected chi connectivity index (χ2v) is 9.63. The number of hydrogen-bond acceptors (Lipinski definition) is 9. The van der Waals surface area contributed by atoms with Crippen molar-refractivity contribution in [2.75, 3.05) is 48.1 Å². The quantitative estimate of drug-likeness (QED) is 0.244. The van der Waals surface area contributed by atoms with Crippen LogP contribution in [0.2, 0.25) is 5.02 Å². The number of carbonyl (C=O) groups is 3. The number of methoxy groups -OCH3 is 1. The monoisotopic (exact) mass is 581 g/mol. The van der Waals surface area contributed by atoms with Gasteiger partial charge in [-0.15, -0.1) is 0 Å². The maximum Gasteiger partial charge on any atom is 0.321 e. The van der Waals surface area contributed by atoms with Gasteiger partial charge in [-0.25, -0.2) is 9.78 Å². The van der Waals surface area contributed by atoms with Crippen molar-refractivity contribution in [3.8, 4) is 5.75 Å². The molecule has 1 aromatic heterocycles. The number of likely N-dealkylation sites (tertiary alicyclic amines) is 1. The summed E-state index contributed by atoms with van der Waals surface area (Å²) in [4.78, 5) is 46.8. The van der Waals surface area contributed by atoms with Gasteiger partial charge in [0, 0.05) is 31.8 Å². The molecule has 4 rings (SSSR count). The molecule has 1 fully saturated rings.